The molecule has 3 aliphatic carbocycles. The molecule has 3 aromatic heterocycles. The minimum Gasteiger partial charge on any atom is -0.456 e. The van der Waals surface area contributed by atoms with Gasteiger partial charge in [-0.2, -0.15) is 0 Å². The summed E-state index contributed by atoms with van der Waals surface area (Å²) >= 11 is 0. The molecular formula is C83H60N2O3. The van der Waals surface area contributed by atoms with Crippen molar-refractivity contribution >= 4 is 132 Å². The molecule has 0 fully saturated rings. The molecule has 0 aliphatic heterocycles. The summed E-state index contributed by atoms with van der Waals surface area (Å²) in [6.45, 7) is 14.4. The monoisotopic (exact) mass is 1130 g/mol. The molecule has 3 aliphatic rings. The van der Waals surface area contributed by atoms with E-state index >= 15 is 0 Å². The van der Waals surface area contributed by atoms with Crippen molar-refractivity contribution in [3.8, 4) is 22.3 Å². The summed E-state index contributed by atoms with van der Waals surface area (Å²) in [5, 5.41) is 13.8. The zero-order chi connectivity index (χ0) is 58.7. The Kier molecular flexibility index (Phi) is 9.87. The third-order valence-electron chi connectivity index (χ3n) is 20.8. The lowest BCUT2D eigenvalue weighted by Gasteiger charge is -2.37. The normalized spacial score (nSPS) is 15.1. The first-order valence-corrected chi connectivity index (χ1v) is 31.1. The van der Waals surface area contributed by atoms with Gasteiger partial charge >= 0.3 is 0 Å². The van der Waals surface area contributed by atoms with Crippen molar-refractivity contribution in [1.82, 2.24) is 0 Å². The Morgan fingerprint density at radius 2 is 0.807 bits per heavy atom. The van der Waals surface area contributed by atoms with Crippen molar-refractivity contribution in [2.24, 2.45) is 0 Å². The second-order valence-corrected chi connectivity index (χ2v) is 26.8. The predicted molar refractivity (Wildman–Crippen MR) is 367 cm³/mol. The van der Waals surface area contributed by atoms with Crippen LogP contribution in [0, 0.1) is 0 Å². The minimum absolute atomic E-state index is 0.187. The number of rotatable bonds is 6. The molecule has 3 heterocycles. The van der Waals surface area contributed by atoms with Gasteiger partial charge in [-0.1, -0.05) is 181 Å². The summed E-state index contributed by atoms with van der Waals surface area (Å²) in [5.74, 6) is 0. The summed E-state index contributed by atoms with van der Waals surface area (Å²) in [4.78, 5) is 5.08. The summed E-state index contributed by atoms with van der Waals surface area (Å²) in [5.41, 5.74) is 24.6. The number of aryl methyl sites for hydroxylation is 1. The Labute approximate surface area is 509 Å². The van der Waals surface area contributed by atoms with Crippen molar-refractivity contribution < 1.29 is 13.3 Å². The van der Waals surface area contributed by atoms with Crippen LogP contribution in [0.4, 0.5) is 34.1 Å². The minimum atomic E-state index is -0.206. The van der Waals surface area contributed by atoms with E-state index in [1.54, 1.807) is 0 Å². The maximum absolute atomic E-state index is 7.15. The lowest BCUT2D eigenvalue weighted by atomic mass is 9.70. The van der Waals surface area contributed by atoms with Crippen molar-refractivity contribution in [3.05, 3.63) is 264 Å². The van der Waals surface area contributed by atoms with Crippen molar-refractivity contribution in [2.45, 2.75) is 70.6 Å². The van der Waals surface area contributed by atoms with Gasteiger partial charge in [-0.25, -0.2) is 0 Å². The first kappa shape index (κ1) is 49.9. The zero-order valence-electron chi connectivity index (χ0n) is 50.0. The number of benzene rings is 13. The van der Waals surface area contributed by atoms with Crippen molar-refractivity contribution in [1.29, 1.82) is 0 Å². The van der Waals surface area contributed by atoms with Crippen molar-refractivity contribution in [3.63, 3.8) is 0 Å². The highest BCUT2D eigenvalue weighted by molar-refractivity contribution is 6.19. The Morgan fingerprint density at radius 3 is 1.39 bits per heavy atom. The SMILES string of the molecule is CC1(C)CCc2c(N(c3ccc4oc5c6ccccc6ccc5c4c3)c3cccc4c3-c3ccccc3C4(C)C)ccc3cc4oc5ccc(N(c6ccc7oc8c9ccccc9ccc8c7c6)c6cccc7c6-c6ccccc6C7(C)C)cc5c4c1c23. The van der Waals surface area contributed by atoms with Gasteiger partial charge in [-0.3, -0.25) is 0 Å². The van der Waals surface area contributed by atoms with Gasteiger partial charge in [-0.05, 0) is 175 Å². The first-order chi connectivity index (χ1) is 42.9. The molecule has 0 bridgehead atoms. The second kappa shape index (κ2) is 17.4. The lowest BCUT2D eigenvalue weighted by molar-refractivity contribution is 0.478. The number of anilines is 6. The molecule has 5 nitrogen and oxygen atoms in total. The van der Waals surface area contributed by atoms with E-state index in [9.17, 15) is 0 Å². The van der Waals surface area contributed by atoms with Crippen molar-refractivity contribution in [2.75, 3.05) is 9.80 Å². The third kappa shape index (κ3) is 6.65. The number of furan rings is 3. The molecule has 0 saturated heterocycles. The van der Waals surface area contributed by atoms with Gasteiger partial charge in [0.15, 0.2) is 0 Å². The van der Waals surface area contributed by atoms with Crippen LogP contribution >= 0.6 is 0 Å². The predicted octanol–water partition coefficient (Wildman–Crippen LogP) is 23.6. The largest absolute Gasteiger partial charge is 0.456 e. The molecule has 0 unspecified atom stereocenters. The number of hydrogen-bond donors (Lipinski definition) is 0. The molecule has 420 valence electrons. The highest BCUT2D eigenvalue weighted by atomic mass is 16.3. The molecule has 0 radical (unpaired) electrons. The average Bonchev–Trinajstić information content (AvgIpc) is 1.38. The van der Waals surface area contributed by atoms with Crippen LogP contribution in [0.25, 0.3) is 120 Å². The van der Waals surface area contributed by atoms with Crippen LogP contribution in [0.15, 0.2) is 244 Å². The van der Waals surface area contributed by atoms with Gasteiger partial charge in [0.05, 0.1) is 11.4 Å². The summed E-state index contributed by atoms with van der Waals surface area (Å²) in [6, 6.07) is 85.4. The molecule has 0 amide bonds. The fraction of sp³-hybridized carbons (Fsp3) is 0.133. The van der Waals surface area contributed by atoms with Crippen LogP contribution in [-0.4, -0.2) is 0 Å². The van der Waals surface area contributed by atoms with Gasteiger partial charge in [0.1, 0.15) is 33.5 Å². The Balaban J connectivity index is 0.860. The molecular weight excluding hydrogens is 1070 g/mol. The quantitative estimate of drug-likeness (QED) is 0.166. The van der Waals surface area contributed by atoms with Gasteiger partial charge in [-0.15, -0.1) is 0 Å². The molecule has 0 saturated carbocycles. The summed E-state index contributed by atoms with van der Waals surface area (Å²) in [7, 11) is 0. The van der Waals surface area contributed by atoms with E-state index in [0.29, 0.717) is 0 Å². The Hall–Kier alpha value is -10.4. The molecule has 5 heteroatoms. The molecule has 0 spiro atoms. The fourth-order valence-corrected chi connectivity index (χ4v) is 16.6. The van der Waals surface area contributed by atoms with Crippen LogP contribution in [-0.2, 0) is 22.7 Å². The molecule has 88 heavy (non-hydrogen) atoms. The zero-order valence-corrected chi connectivity index (χ0v) is 50.0. The number of hydrogen-bond acceptors (Lipinski definition) is 5. The van der Waals surface area contributed by atoms with Gasteiger partial charge in [0.25, 0.3) is 0 Å². The van der Waals surface area contributed by atoms with E-state index in [2.05, 4.69) is 282 Å². The first-order valence-electron chi connectivity index (χ1n) is 31.1. The Bertz CT molecular complexity index is 5760. The van der Waals surface area contributed by atoms with Crippen LogP contribution in [0.5, 0.6) is 0 Å². The summed E-state index contributed by atoms with van der Waals surface area (Å²) in [6.07, 6.45) is 1.86. The maximum atomic E-state index is 7.15. The second-order valence-electron chi connectivity index (χ2n) is 26.8. The molecule has 16 aromatic rings. The van der Waals surface area contributed by atoms with E-state index in [-0.39, 0.29) is 16.2 Å². The van der Waals surface area contributed by atoms with E-state index in [1.807, 2.05) is 0 Å². The fourth-order valence-electron chi connectivity index (χ4n) is 16.6. The topological polar surface area (TPSA) is 45.9 Å². The van der Waals surface area contributed by atoms with Crippen LogP contribution in [0.1, 0.15) is 81.3 Å². The van der Waals surface area contributed by atoms with E-state index < -0.39 is 0 Å². The highest BCUT2D eigenvalue weighted by Gasteiger charge is 2.41. The molecule has 0 N–H and O–H groups in total. The average molecular weight is 1130 g/mol. The van der Waals surface area contributed by atoms with E-state index in [4.69, 9.17) is 13.3 Å². The van der Waals surface area contributed by atoms with Crippen LogP contribution in [0.3, 0.4) is 0 Å². The third-order valence-corrected chi connectivity index (χ3v) is 20.8. The molecule has 13 aromatic carbocycles. The van der Waals surface area contributed by atoms with Gasteiger partial charge in [0, 0.05) is 87.8 Å². The van der Waals surface area contributed by atoms with Gasteiger partial charge < -0.3 is 23.1 Å². The van der Waals surface area contributed by atoms with E-state index in [0.717, 1.165) is 112 Å². The van der Waals surface area contributed by atoms with Crippen LogP contribution in [0.2, 0.25) is 0 Å². The lowest BCUT2D eigenvalue weighted by Crippen LogP contribution is -2.25. The van der Waals surface area contributed by atoms with E-state index in [1.165, 1.54) is 88.6 Å². The van der Waals surface area contributed by atoms with Gasteiger partial charge in [0.2, 0.25) is 0 Å². The molecule has 19 rings (SSSR count). The number of fused-ring (bicyclic) bond motifs is 20. The maximum Gasteiger partial charge on any atom is 0.143 e. The Morgan fingerprint density at radius 1 is 0.330 bits per heavy atom. The molecule has 0 atom stereocenters. The smallest absolute Gasteiger partial charge is 0.143 e. The van der Waals surface area contributed by atoms with Crippen LogP contribution < -0.4 is 9.80 Å². The standard InChI is InChI=1S/C83H60N2O3/c1-81(2)42-41-59-67(85(69-28-16-26-66-76(69)58-22-12-14-24-64(58)83(66,5)6)52-34-39-71-61(45-52)56-36-30-48-18-8-10-20-54(48)80(56)88-71)37-31-49-43-73-77(78(81)74(49)59)62-46-51(33-40-72(62)86-73)84(68-27-15-25-65-75(68)57-21-11-13-23-63(57)82(65,3)4)50-32-38-70-60(44-50)55-35-29-47-17-7-9-19-53(47)79(55)87-70/h7-40,43-46H,41-42H2,1-6H3. The number of nitrogens with zero attached hydrogens (tertiary/aromatic N) is 2. The highest BCUT2D eigenvalue weighted by Crippen LogP contribution is 2.59. The summed E-state index contributed by atoms with van der Waals surface area (Å²) < 4.78 is 20.7.